The standard InChI is InChI=1S/C23H18FN5O2.C2H6OS.H2O/c24-15-3-1-13(2-4-15)19-26-12-18-21(28-19)29-20(27-18)14-5-8-23(9-6-14)17-11-25-10-7-16(17)22(30)31-23;1-4(2)3;/h1-4,7,10-12,14H,5-6,8-9H2,(H,26,27,28,29);1-2H3;1H2. The Morgan fingerprint density at radius 1 is 1.08 bits per heavy atom. The summed E-state index contributed by atoms with van der Waals surface area (Å²) in [5.41, 5.74) is 3.05. The normalized spacial score (nSPS) is 20.4. The van der Waals surface area contributed by atoms with Gasteiger partial charge in [-0.25, -0.2) is 24.1 Å². The highest BCUT2D eigenvalue weighted by Crippen LogP contribution is 2.49. The number of hydrogen-bond donors (Lipinski definition) is 1. The number of rotatable bonds is 2. The minimum absolute atomic E-state index is 0. The van der Waals surface area contributed by atoms with Crippen LogP contribution in [0.4, 0.5) is 4.39 Å². The molecule has 1 aliphatic carbocycles. The van der Waals surface area contributed by atoms with E-state index in [2.05, 4.69) is 19.9 Å². The number of H-pyrrole nitrogens is 1. The number of nitrogens with one attached hydrogen (secondary N) is 1. The van der Waals surface area contributed by atoms with Gasteiger partial charge in [0.15, 0.2) is 11.5 Å². The number of ether oxygens (including phenoxy) is 1. The molecular weight excluding hydrogens is 485 g/mol. The fourth-order valence-electron chi connectivity index (χ4n) is 4.71. The molecule has 6 rings (SSSR count). The van der Waals surface area contributed by atoms with Crippen molar-refractivity contribution in [1.82, 2.24) is 24.9 Å². The van der Waals surface area contributed by atoms with Crippen LogP contribution in [0.25, 0.3) is 22.6 Å². The molecule has 1 aromatic carbocycles. The van der Waals surface area contributed by atoms with Gasteiger partial charge in [0, 0.05) is 52.7 Å². The topological polar surface area (TPSA) is 142 Å². The molecule has 0 atom stereocenters. The number of carbonyl (C=O) groups excluding carboxylic acids is 1. The van der Waals surface area contributed by atoms with Crippen LogP contribution in [0, 0.1) is 5.82 Å². The SMILES string of the molecule is CS(C)=O.O.O=C1OC2(CCC(c3nc4nc(-c5ccc(F)cc5)ncc4[nH]3)CC2)c2cnccc21. The van der Waals surface area contributed by atoms with E-state index in [-0.39, 0.29) is 23.2 Å². The van der Waals surface area contributed by atoms with Crippen LogP contribution in [0.3, 0.4) is 0 Å². The Morgan fingerprint density at radius 2 is 1.78 bits per heavy atom. The summed E-state index contributed by atoms with van der Waals surface area (Å²) in [7, 11) is -0.611. The molecular formula is C25H26FN5O4S. The Labute approximate surface area is 209 Å². The van der Waals surface area contributed by atoms with Crippen LogP contribution in [0.1, 0.15) is 53.3 Å². The lowest BCUT2D eigenvalue weighted by atomic mass is 9.75. The highest BCUT2D eigenvalue weighted by molar-refractivity contribution is 7.83. The minimum Gasteiger partial charge on any atom is -0.450 e. The Balaban J connectivity index is 0.000000569. The molecule has 36 heavy (non-hydrogen) atoms. The van der Waals surface area contributed by atoms with Crippen molar-refractivity contribution in [3.05, 3.63) is 71.7 Å². The maximum Gasteiger partial charge on any atom is 0.339 e. The number of pyridine rings is 1. The zero-order chi connectivity index (χ0) is 24.6. The van der Waals surface area contributed by atoms with Crippen molar-refractivity contribution >= 4 is 27.9 Å². The summed E-state index contributed by atoms with van der Waals surface area (Å²) >= 11 is 0. The van der Waals surface area contributed by atoms with Gasteiger partial charge in [-0.1, -0.05) is 0 Å². The molecule has 0 amide bonds. The third-order valence-electron chi connectivity index (χ3n) is 6.36. The molecule has 4 aromatic rings. The van der Waals surface area contributed by atoms with Gasteiger partial charge in [-0.2, -0.15) is 0 Å². The molecule has 3 aromatic heterocycles. The number of halogens is 1. The summed E-state index contributed by atoms with van der Waals surface area (Å²) in [5, 5.41) is 0. The first-order valence-corrected chi connectivity index (χ1v) is 13.2. The predicted octanol–water partition coefficient (Wildman–Crippen LogP) is 3.45. The molecule has 188 valence electrons. The van der Waals surface area contributed by atoms with Gasteiger partial charge >= 0.3 is 5.97 Å². The van der Waals surface area contributed by atoms with Crippen LogP contribution >= 0.6 is 0 Å². The van der Waals surface area contributed by atoms with Crippen molar-refractivity contribution < 1.29 is 23.6 Å². The molecule has 2 aliphatic rings. The molecule has 1 spiro atoms. The van der Waals surface area contributed by atoms with E-state index in [1.807, 2.05) is 0 Å². The first-order valence-electron chi connectivity index (χ1n) is 11.3. The van der Waals surface area contributed by atoms with Gasteiger partial charge in [-0.15, -0.1) is 0 Å². The van der Waals surface area contributed by atoms with E-state index in [1.54, 1.807) is 49.3 Å². The minimum atomic E-state index is -0.611. The zero-order valence-electron chi connectivity index (χ0n) is 19.8. The highest BCUT2D eigenvalue weighted by Gasteiger charge is 2.48. The summed E-state index contributed by atoms with van der Waals surface area (Å²) in [6.45, 7) is 0. The Bertz CT molecular complexity index is 1410. The number of hydrogen-bond acceptors (Lipinski definition) is 7. The molecule has 9 nitrogen and oxygen atoms in total. The van der Waals surface area contributed by atoms with Crippen molar-refractivity contribution in [3.8, 4) is 11.4 Å². The average molecular weight is 512 g/mol. The monoisotopic (exact) mass is 511 g/mol. The lowest BCUT2D eigenvalue weighted by molar-refractivity contribution is -0.0313. The number of imidazole rings is 1. The average Bonchev–Trinajstić information content (AvgIpc) is 3.39. The van der Waals surface area contributed by atoms with Crippen molar-refractivity contribution in [2.45, 2.75) is 37.2 Å². The van der Waals surface area contributed by atoms with E-state index >= 15 is 0 Å². The molecule has 4 heterocycles. The third-order valence-corrected chi connectivity index (χ3v) is 6.36. The van der Waals surface area contributed by atoms with Gasteiger partial charge in [0.25, 0.3) is 0 Å². The predicted molar refractivity (Wildman–Crippen MR) is 133 cm³/mol. The van der Waals surface area contributed by atoms with Crippen LogP contribution < -0.4 is 0 Å². The smallest absolute Gasteiger partial charge is 0.339 e. The lowest BCUT2D eigenvalue weighted by Gasteiger charge is -2.35. The number of fused-ring (bicyclic) bond motifs is 3. The van der Waals surface area contributed by atoms with Crippen LogP contribution in [-0.2, 0) is 21.1 Å². The van der Waals surface area contributed by atoms with Gasteiger partial charge in [-0.05, 0) is 56.0 Å². The fourth-order valence-corrected chi connectivity index (χ4v) is 4.71. The highest BCUT2D eigenvalue weighted by atomic mass is 32.2. The number of aromatic nitrogens is 5. The van der Waals surface area contributed by atoms with Crippen molar-refractivity contribution in [2.75, 3.05) is 12.5 Å². The molecule has 11 heteroatoms. The van der Waals surface area contributed by atoms with E-state index in [4.69, 9.17) is 9.72 Å². The van der Waals surface area contributed by atoms with Crippen LogP contribution in [0.5, 0.6) is 0 Å². The third kappa shape index (κ3) is 4.89. The van der Waals surface area contributed by atoms with E-state index in [1.165, 1.54) is 12.1 Å². The van der Waals surface area contributed by atoms with Crippen molar-refractivity contribution in [2.24, 2.45) is 0 Å². The number of esters is 1. The van der Waals surface area contributed by atoms with Crippen molar-refractivity contribution in [1.29, 1.82) is 0 Å². The molecule has 1 fully saturated rings. The second-order valence-corrected chi connectivity index (χ2v) is 10.4. The Morgan fingerprint density at radius 3 is 2.47 bits per heavy atom. The molecule has 0 bridgehead atoms. The Hall–Kier alpha value is -3.57. The number of carbonyl (C=O) groups is 1. The molecule has 1 saturated carbocycles. The van der Waals surface area contributed by atoms with Crippen molar-refractivity contribution in [3.63, 3.8) is 0 Å². The molecule has 0 saturated heterocycles. The fraction of sp³-hybridized carbons (Fsp3) is 0.320. The summed E-state index contributed by atoms with van der Waals surface area (Å²) in [4.78, 5) is 33.5. The maximum atomic E-state index is 13.2. The number of nitrogens with zero attached hydrogens (tertiary/aromatic N) is 4. The first kappa shape index (κ1) is 25.5. The number of benzene rings is 1. The maximum absolute atomic E-state index is 13.2. The lowest BCUT2D eigenvalue weighted by Crippen LogP contribution is -2.31. The number of aromatic amines is 1. The quantitative estimate of drug-likeness (QED) is 0.406. The molecule has 1 aliphatic heterocycles. The summed E-state index contributed by atoms with van der Waals surface area (Å²) in [6, 6.07) is 7.82. The molecule has 0 unspecified atom stereocenters. The Kier molecular flexibility index (Phi) is 7.23. The summed E-state index contributed by atoms with van der Waals surface area (Å²) in [5.74, 6) is 1.03. The van der Waals surface area contributed by atoms with Gasteiger partial charge in [0.05, 0.1) is 11.8 Å². The summed E-state index contributed by atoms with van der Waals surface area (Å²) in [6.07, 6.45) is 11.5. The zero-order valence-corrected chi connectivity index (χ0v) is 20.6. The van der Waals surface area contributed by atoms with Gasteiger partial charge in [0.1, 0.15) is 22.8 Å². The van der Waals surface area contributed by atoms with E-state index in [0.29, 0.717) is 17.0 Å². The van der Waals surface area contributed by atoms with Gasteiger partial charge < -0.3 is 15.2 Å². The van der Waals surface area contributed by atoms with Crippen LogP contribution in [-0.4, -0.2) is 53.1 Å². The van der Waals surface area contributed by atoms with Crippen LogP contribution in [0.2, 0.25) is 0 Å². The van der Waals surface area contributed by atoms with Gasteiger partial charge in [0.2, 0.25) is 0 Å². The van der Waals surface area contributed by atoms with E-state index < -0.39 is 16.4 Å². The van der Waals surface area contributed by atoms with Crippen LogP contribution in [0.15, 0.2) is 48.9 Å². The largest absolute Gasteiger partial charge is 0.450 e. The second-order valence-electron chi connectivity index (χ2n) is 8.88. The van der Waals surface area contributed by atoms with E-state index in [9.17, 15) is 13.4 Å². The second kappa shape index (κ2) is 10.2. The van der Waals surface area contributed by atoms with E-state index in [0.717, 1.165) is 48.2 Å². The van der Waals surface area contributed by atoms with Gasteiger partial charge in [-0.3, -0.25) is 9.19 Å². The first-order chi connectivity index (χ1) is 16.8. The molecule has 0 radical (unpaired) electrons. The molecule has 3 N–H and O–H groups in total. The summed E-state index contributed by atoms with van der Waals surface area (Å²) < 4.78 is 28.6.